The average molecular weight is 269 g/mol. The number of ether oxygens (including phenoxy) is 1. The van der Waals surface area contributed by atoms with E-state index in [9.17, 15) is 9.59 Å². The van der Waals surface area contributed by atoms with Crippen molar-refractivity contribution in [2.75, 3.05) is 52.9 Å². The monoisotopic (exact) mass is 269 g/mol. The highest BCUT2D eigenvalue weighted by Gasteiger charge is 2.28. The average Bonchev–Trinajstić information content (AvgIpc) is 2.48. The number of hydrogen-bond acceptors (Lipinski definition) is 5. The topological polar surface area (TPSA) is 61.9 Å². The van der Waals surface area contributed by atoms with Crippen molar-refractivity contribution in [3.8, 4) is 0 Å². The number of piperidine rings is 1. The minimum Gasteiger partial charge on any atom is -0.468 e. The zero-order valence-electron chi connectivity index (χ0n) is 11.6. The molecular formula is C13H23N3O3. The minimum absolute atomic E-state index is 0.140. The molecule has 0 bridgehead atoms. The molecule has 0 aromatic rings. The Kier molecular flexibility index (Phi) is 5.15. The Morgan fingerprint density at radius 2 is 2.00 bits per heavy atom. The van der Waals surface area contributed by atoms with E-state index in [-0.39, 0.29) is 17.8 Å². The highest BCUT2D eigenvalue weighted by atomic mass is 16.5. The molecule has 2 aliphatic heterocycles. The van der Waals surface area contributed by atoms with E-state index in [1.54, 1.807) is 0 Å². The van der Waals surface area contributed by atoms with Gasteiger partial charge in [0.15, 0.2) is 0 Å². The number of nitrogens with zero attached hydrogens (tertiary/aromatic N) is 2. The standard InChI is InChI=1S/C13H23N3O3/c1-19-12(17)10-15-5-7-16(8-6-15)13(18)11-3-2-4-14-9-11/h11,14H,2-10H2,1H3/t11-/m0/s1. The van der Waals surface area contributed by atoms with Gasteiger partial charge in [0.25, 0.3) is 0 Å². The van der Waals surface area contributed by atoms with Crippen molar-refractivity contribution < 1.29 is 14.3 Å². The van der Waals surface area contributed by atoms with Crippen LogP contribution in [-0.4, -0.2) is 74.6 Å². The molecule has 0 aromatic heterocycles. The number of hydrogen-bond donors (Lipinski definition) is 1. The van der Waals surface area contributed by atoms with E-state index in [1.165, 1.54) is 7.11 Å². The molecule has 0 spiro atoms. The van der Waals surface area contributed by atoms with Crippen LogP contribution in [0.2, 0.25) is 0 Å². The molecule has 6 heteroatoms. The van der Waals surface area contributed by atoms with Crippen LogP contribution in [0.4, 0.5) is 0 Å². The number of piperazine rings is 1. The summed E-state index contributed by atoms with van der Waals surface area (Å²) < 4.78 is 4.65. The molecule has 2 rings (SSSR count). The van der Waals surface area contributed by atoms with Gasteiger partial charge in [0.1, 0.15) is 0 Å². The lowest BCUT2D eigenvalue weighted by Gasteiger charge is -2.36. The number of amides is 1. The van der Waals surface area contributed by atoms with E-state index >= 15 is 0 Å². The van der Waals surface area contributed by atoms with Crippen molar-refractivity contribution in [1.82, 2.24) is 15.1 Å². The van der Waals surface area contributed by atoms with Crippen molar-refractivity contribution in [3.05, 3.63) is 0 Å². The van der Waals surface area contributed by atoms with Crippen LogP contribution >= 0.6 is 0 Å². The Bertz CT molecular complexity index is 321. The number of rotatable bonds is 3. The molecule has 0 aromatic carbocycles. The van der Waals surface area contributed by atoms with E-state index in [0.29, 0.717) is 19.6 Å². The van der Waals surface area contributed by atoms with Crippen LogP contribution in [-0.2, 0) is 14.3 Å². The predicted molar refractivity (Wildman–Crippen MR) is 70.6 cm³/mol. The summed E-state index contributed by atoms with van der Waals surface area (Å²) in [6.07, 6.45) is 2.08. The fourth-order valence-corrected chi connectivity index (χ4v) is 2.69. The van der Waals surface area contributed by atoms with Gasteiger partial charge >= 0.3 is 5.97 Å². The first kappa shape index (κ1) is 14.3. The number of methoxy groups -OCH3 is 1. The maximum absolute atomic E-state index is 12.3. The minimum atomic E-state index is -0.212. The second kappa shape index (κ2) is 6.86. The molecule has 2 heterocycles. The Morgan fingerprint density at radius 1 is 1.26 bits per heavy atom. The lowest BCUT2D eigenvalue weighted by atomic mass is 9.98. The molecule has 1 amide bonds. The van der Waals surface area contributed by atoms with Crippen LogP contribution in [0.1, 0.15) is 12.8 Å². The molecule has 0 radical (unpaired) electrons. The van der Waals surface area contributed by atoms with Gasteiger partial charge in [-0.1, -0.05) is 0 Å². The molecule has 0 saturated carbocycles. The molecule has 19 heavy (non-hydrogen) atoms. The van der Waals surface area contributed by atoms with Gasteiger partial charge in [-0.15, -0.1) is 0 Å². The van der Waals surface area contributed by atoms with Gasteiger partial charge in [-0.3, -0.25) is 14.5 Å². The van der Waals surface area contributed by atoms with Gasteiger partial charge in [-0.25, -0.2) is 0 Å². The first-order chi connectivity index (χ1) is 9.20. The summed E-state index contributed by atoms with van der Waals surface area (Å²) in [5.74, 6) is 0.196. The molecule has 108 valence electrons. The Labute approximate surface area is 114 Å². The third kappa shape index (κ3) is 3.91. The van der Waals surface area contributed by atoms with Crippen molar-refractivity contribution >= 4 is 11.9 Å². The van der Waals surface area contributed by atoms with E-state index in [0.717, 1.165) is 39.0 Å². The summed E-state index contributed by atoms with van der Waals surface area (Å²) in [5.41, 5.74) is 0. The Hall–Kier alpha value is -1.14. The van der Waals surface area contributed by atoms with Crippen LogP contribution in [0.15, 0.2) is 0 Å². The maximum atomic E-state index is 12.3. The van der Waals surface area contributed by atoms with Gasteiger partial charge < -0.3 is 15.0 Å². The molecular weight excluding hydrogens is 246 g/mol. The number of carbonyl (C=O) groups is 2. The number of carbonyl (C=O) groups excluding carboxylic acids is 2. The zero-order valence-corrected chi connectivity index (χ0v) is 11.6. The molecule has 1 atom stereocenters. The molecule has 0 aliphatic carbocycles. The van der Waals surface area contributed by atoms with Crippen molar-refractivity contribution in [3.63, 3.8) is 0 Å². The summed E-state index contributed by atoms with van der Waals surface area (Å²) in [7, 11) is 1.40. The third-order valence-corrected chi connectivity index (χ3v) is 3.91. The lowest BCUT2D eigenvalue weighted by Crippen LogP contribution is -2.52. The molecule has 2 fully saturated rings. The van der Waals surface area contributed by atoms with Gasteiger partial charge in [0.2, 0.25) is 5.91 Å². The van der Waals surface area contributed by atoms with Crippen molar-refractivity contribution in [2.45, 2.75) is 12.8 Å². The summed E-state index contributed by atoms with van der Waals surface area (Å²) in [6.45, 7) is 5.09. The van der Waals surface area contributed by atoms with Gasteiger partial charge in [0.05, 0.1) is 19.6 Å². The van der Waals surface area contributed by atoms with Crippen LogP contribution in [0, 0.1) is 5.92 Å². The second-order valence-electron chi connectivity index (χ2n) is 5.22. The second-order valence-corrected chi connectivity index (χ2v) is 5.22. The zero-order chi connectivity index (χ0) is 13.7. The SMILES string of the molecule is COC(=O)CN1CCN(C(=O)[C@H]2CCCNC2)CC1. The number of esters is 1. The van der Waals surface area contributed by atoms with Crippen LogP contribution in [0.25, 0.3) is 0 Å². The van der Waals surface area contributed by atoms with Crippen LogP contribution < -0.4 is 5.32 Å². The van der Waals surface area contributed by atoms with Crippen LogP contribution in [0.5, 0.6) is 0 Å². The molecule has 0 unspecified atom stereocenters. The summed E-state index contributed by atoms with van der Waals surface area (Å²) in [5, 5.41) is 3.28. The molecule has 2 saturated heterocycles. The normalized spacial score (nSPS) is 25.1. The third-order valence-electron chi connectivity index (χ3n) is 3.91. The van der Waals surface area contributed by atoms with Gasteiger partial charge in [0, 0.05) is 32.7 Å². The molecule has 1 N–H and O–H groups in total. The van der Waals surface area contributed by atoms with E-state index < -0.39 is 0 Å². The fraction of sp³-hybridized carbons (Fsp3) is 0.846. The van der Waals surface area contributed by atoms with E-state index in [4.69, 9.17) is 0 Å². The highest BCUT2D eigenvalue weighted by Crippen LogP contribution is 2.15. The van der Waals surface area contributed by atoms with Crippen molar-refractivity contribution in [2.24, 2.45) is 5.92 Å². The Morgan fingerprint density at radius 3 is 2.58 bits per heavy atom. The molecule has 6 nitrogen and oxygen atoms in total. The van der Waals surface area contributed by atoms with Gasteiger partial charge in [-0.2, -0.15) is 0 Å². The summed E-state index contributed by atoms with van der Waals surface area (Å²) in [4.78, 5) is 27.5. The fourth-order valence-electron chi connectivity index (χ4n) is 2.69. The lowest BCUT2D eigenvalue weighted by molar-refractivity contribution is -0.143. The Balaban J connectivity index is 1.76. The summed E-state index contributed by atoms with van der Waals surface area (Å²) in [6, 6.07) is 0. The number of nitrogens with one attached hydrogen (secondary N) is 1. The predicted octanol–water partition coefficient (Wildman–Crippen LogP) is -0.697. The van der Waals surface area contributed by atoms with Gasteiger partial charge in [-0.05, 0) is 19.4 Å². The smallest absolute Gasteiger partial charge is 0.319 e. The highest BCUT2D eigenvalue weighted by molar-refractivity contribution is 5.79. The molecule has 2 aliphatic rings. The first-order valence-electron chi connectivity index (χ1n) is 6.99. The maximum Gasteiger partial charge on any atom is 0.319 e. The summed E-state index contributed by atoms with van der Waals surface area (Å²) >= 11 is 0. The quantitative estimate of drug-likeness (QED) is 0.687. The van der Waals surface area contributed by atoms with E-state index in [1.807, 2.05) is 9.80 Å². The van der Waals surface area contributed by atoms with Crippen LogP contribution in [0.3, 0.4) is 0 Å². The van der Waals surface area contributed by atoms with Crippen molar-refractivity contribution in [1.29, 1.82) is 0 Å². The first-order valence-corrected chi connectivity index (χ1v) is 6.99. The largest absolute Gasteiger partial charge is 0.468 e. The van der Waals surface area contributed by atoms with E-state index in [2.05, 4.69) is 10.1 Å².